The average molecular weight is 220 g/mol. The molecule has 0 saturated heterocycles. The molecule has 0 aliphatic heterocycles. The summed E-state index contributed by atoms with van der Waals surface area (Å²) >= 11 is 1.55. The summed E-state index contributed by atoms with van der Waals surface area (Å²) < 4.78 is 5.49. The highest BCUT2D eigenvalue weighted by Crippen LogP contribution is 2.29. The number of nitrogens with zero attached hydrogens (tertiary/aromatic N) is 2. The van der Waals surface area contributed by atoms with Gasteiger partial charge in [0.15, 0.2) is 0 Å². The number of aromatic nitrogens is 2. The number of hydrogen-bond acceptors (Lipinski definition) is 3. The summed E-state index contributed by atoms with van der Waals surface area (Å²) in [4.78, 5) is 4.74. The van der Waals surface area contributed by atoms with Crippen LogP contribution in [-0.4, -0.2) is 9.36 Å². The van der Waals surface area contributed by atoms with Crippen LogP contribution >= 0.6 is 11.5 Å². The molecule has 15 heavy (non-hydrogen) atoms. The second-order valence-electron chi connectivity index (χ2n) is 4.49. The smallest absolute Gasteiger partial charge is 0.0768 e. The third-order valence-corrected chi connectivity index (χ3v) is 3.36. The van der Waals surface area contributed by atoms with Gasteiger partial charge in [-0.05, 0) is 29.4 Å². The van der Waals surface area contributed by atoms with Gasteiger partial charge in [0.2, 0.25) is 0 Å². The van der Waals surface area contributed by atoms with E-state index in [4.69, 9.17) is 4.98 Å². The molecule has 0 N–H and O–H groups in total. The molecule has 0 aliphatic rings. The van der Waals surface area contributed by atoms with Crippen molar-refractivity contribution in [3.05, 3.63) is 23.7 Å². The van der Waals surface area contributed by atoms with Crippen molar-refractivity contribution in [2.45, 2.75) is 39.5 Å². The van der Waals surface area contributed by atoms with Crippen LogP contribution in [-0.2, 0) is 0 Å². The standard InChI is InChI=1S/C12H16N2S/c1-7(2)10-5-9-6-13-15-12(9)11(14-10)8(3)4/h5-8H,1-4H3. The van der Waals surface area contributed by atoms with Gasteiger partial charge in [0, 0.05) is 17.3 Å². The number of fused-ring (bicyclic) bond motifs is 1. The van der Waals surface area contributed by atoms with Gasteiger partial charge in [-0.3, -0.25) is 4.98 Å². The van der Waals surface area contributed by atoms with Crippen LogP contribution in [0, 0.1) is 0 Å². The van der Waals surface area contributed by atoms with Gasteiger partial charge in [0.1, 0.15) is 0 Å². The molecule has 0 fully saturated rings. The van der Waals surface area contributed by atoms with Gasteiger partial charge in [-0.15, -0.1) is 0 Å². The van der Waals surface area contributed by atoms with Gasteiger partial charge in [0.05, 0.1) is 10.4 Å². The summed E-state index contributed by atoms with van der Waals surface area (Å²) in [7, 11) is 0. The largest absolute Gasteiger partial charge is 0.256 e. The first-order valence-corrected chi connectivity index (χ1v) is 6.12. The van der Waals surface area contributed by atoms with Crippen LogP contribution in [0.1, 0.15) is 50.9 Å². The SMILES string of the molecule is CC(C)c1cc2cnsc2c(C(C)C)n1. The third-order valence-electron chi connectivity index (χ3n) is 2.52. The molecule has 0 saturated carbocycles. The van der Waals surface area contributed by atoms with E-state index in [0.29, 0.717) is 11.8 Å². The second-order valence-corrected chi connectivity index (χ2v) is 5.29. The van der Waals surface area contributed by atoms with Crippen molar-refractivity contribution in [3.63, 3.8) is 0 Å². The van der Waals surface area contributed by atoms with E-state index in [9.17, 15) is 0 Å². The Kier molecular flexibility index (Phi) is 2.74. The molecule has 0 unspecified atom stereocenters. The van der Waals surface area contributed by atoms with Crippen LogP contribution in [0.3, 0.4) is 0 Å². The van der Waals surface area contributed by atoms with Gasteiger partial charge in [0.25, 0.3) is 0 Å². The zero-order chi connectivity index (χ0) is 11.0. The van der Waals surface area contributed by atoms with Crippen LogP contribution in [0.2, 0.25) is 0 Å². The van der Waals surface area contributed by atoms with Gasteiger partial charge in [-0.25, -0.2) is 0 Å². The first-order chi connectivity index (χ1) is 7.09. The fourth-order valence-corrected chi connectivity index (χ4v) is 2.48. The van der Waals surface area contributed by atoms with E-state index in [1.165, 1.54) is 21.5 Å². The lowest BCUT2D eigenvalue weighted by Gasteiger charge is -2.10. The number of pyridine rings is 1. The fourth-order valence-electron chi connectivity index (χ4n) is 1.61. The van der Waals surface area contributed by atoms with Gasteiger partial charge in [-0.1, -0.05) is 27.7 Å². The maximum absolute atomic E-state index is 4.74. The lowest BCUT2D eigenvalue weighted by molar-refractivity contribution is 0.776. The highest BCUT2D eigenvalue weighted by atomic mass is 32.1. The predicted octanol–water partition coefficient (Wildman–Crippen LogP) is 3.94. The van der Waals surface area contributed by atoms with Crippen molar-refractivity contribution < 1.29 is 0 Å². The minimum Gasteiger partial charge on any atom is -0.256 e. The zero-order valence-electron chi connectivity index (χ0n) is 9.61. The first kappa shape index (κ1) is 10.6. The normalized spacial score (nSPS) is 11.9. The molecule has 0 bridgehead atoms. The molecule has 3 heteroatoms. The van der Waals surface area contributed by atoms with E-state index in [1.54, 1.807) is 11.5 Å². The summed E-state index contributed by atoms with van der Waals surface area (Å²) in [5.41, 5.74) is 2.37. The molecule has 2 nitrogen and oxygen atoms in total. The quantitative estimate of drug-likeness (QED) is 0.766. The summed E-state index contributed by atoms with van der Waals surface area (Å²) in [6.45, 7) is 8.73. The Labute approximate surface area is 94.5 Å². The molecule has 0 amide bonds. The van der Waals surface area contributed by atoms with Gasteiger partial charge in [-0.2, -0.15) is 4.37 Å². The Morgan fingerprint density at radius 1 is 1.13 bits per heavy atom. The third kappa shape index (κ3) is 1.88. The fraction of sp³-hybridized carbons (Fsp3) is 0.500. The van der Waals surface area contributed by atoms with E-state index in [-0.39, 0.29) is 0 Å². The van der Waals surface area contributed by atoms with E-state index < -0.39 is 0 Å². The molecular weight excluding hydrogens is 204 g/mol. The average Bonchev–Trinajstić information content (AvgIpc) is 2.62. The van der Waals surface area contributed by atoms with Gasteiger partial charge < -0.3 is 0 Å². The molecule has 80 valence electrons. The minimum atomic E-state index is 0.464. The summed E-state index contributed by atoms with van der Waals surface area (Å²) in [5, 5.41) is 1.24. The topological polar surface area (TPSA) is 25.8 Å². The molecule has 0 radical (unpaired) electrons. The number of hydrogen-bond donors (Lipinski definition) is 0. The van der Waals surface area contributed by atoms with Crippen LogP contribution in [0.15, 0.2) is 12.3 Å². The van der Waals surface area contributed by atoms with Crippen LogP contribution in [0.5, 0.6) is 0 Å². The monoisotopic (exact) mass is 220 g/mol. The van der Waals surface area contributed by atoms with Crippen molar-refractivity contribution in [2.24, 2.45) is 0 Å². The summed E-state index contributed by atoms with van der Waals surface area (Å²) in [6, 6.07) is 2.16. The van der Waals surface area contributed by atoms with Crippen LogP contribution in [0.4, 0.5) is 0 Å². The summed E-state index contributed by atoms with van der Waals surface area (Å²) in [5.74, 6) is 0.943. The van der Waals surface area contributed by atoms with Crippen molar-refractivity contribution in [3.8, 4) is 0 Å². The molecule has 2 aromatic rings. The highest BCUT2D eigenvalue weighted by molar-refractivity contribution is 7.13. The Morgan fingerprint density at radius 2 is 1.87 bits per heavy atom. The second kappa shape index (κ2) is 3.89. The number of rotatable bonds is 2. The van der Waals surface area contributed by atoms with Crippen molar-refractivity contribution in [1.82, 2.24) is 9.36 Å². The molecule has 0 atom stereocenters. The van der Waals surface area contributed by atoms with E-state index in [0.717, 1.165) is 0 Å². The highest BCUT2D eigenvalue weighted by Gasteiger charge is 2.12. The minimum absolute atomic E-state index is 0.464. The van der Waals surface area contributed by atoms with Crippen LogP contribution < -0.4 is 0 Å². The van der Waals surface area contributed by atoms with E-state index in [1.807, 2.05) is 6.20 Å². The molecule has 2 rings (SSSR count). The molecule has 0 aliphatic carbocycles. The predicted molar refractivity (Wildman–Crippen MR) is 65.6 cm³/mol. The summed E-state index contributed by atoms with van der Waals surface area (Å²) in [6.07, 6.45) is 1.94. The lowest BCUT2D eigenvalue weighted by Crippen LogP contribution is -1.99. The molecule has 0 aromatic carbocycles. The van der Waals surface area contributed by atoms with Crippen molar-refractivity contribution >= 4 is 21.6 Å². The molecular formula is C12H16N2S. The van der Waals surface area contributed by atoms with Crippen LogP contribution in [0.25, 0.3) is 10.1 Å². The van der Waals surface area contributed by atoms with E-state index in [2.05, 4.69) is 38.1 Å². The van der Waals surface area contributed by atoms with Gasteiger partial charge >= 0.3 is 0 Å². The van der Waals surface area contributed by atoms with E-state index >= 15 is 0 Å². The maximum atomic E-state index is 4.74. The first-order valence-electron chi connectivity index (χ1n) is 5.34. The Balaban J connectivity index is 2.69. The maximum Gasteiger partial charge on any atom is 0.0768 e. The Bertz CT molecular complexity index is 471. The van der Waals surface area contributed by atoms with Crippen molar-refractivity contribution in [1.29, 1.82) is 0 Å². The zero-order valence-corrected chi connectivity index (χ0v) is 10.4. The Hall–Kier alpha value is -0.960. The molecule has 2 aromatic heterocycles. The Morgan fingerprint density at radius 3 is 2.47 bits per heavy atom. The molecule has 0 spiro atoms. The van der Waals surface area contributed by atoms with Crippen molar-refractivity contribution in [2.75, 3.05) is 0 Å². The lowest BCUT2D eigenvalue weighted by atomic mass is 10.0. The molecule has 2 heterocycles.